The van der Waals surface area contributed by atoms with Gasteiger partial charge in [-0.3, -0.25) is 4.98 Å². The number of benzene rings is 1. The number of hydrogen-bond acceptors (Lipinski definition) is 4. The third kappa shape index (κ3) is 3.43. The Labute approximate surface area is 147 Å². The minimum absolute atomic E-state index is 0.424. The van der Waals surface area contributed by atoms with Crippen LogP contribution in [0.4, 0.5) is 0 Å². The number of nitrogens with zero attached hydrogens (tertiary/aromatic N) is 3. The zero-order valence-electron chi connectivity index (χ0n) is 11.7. The van der Waals surface area contributed by atoms with Crippen molar-refractivity contribution in [1.82, 2.24) is 9.97 Å². The van der Waals surface area contributed by atoms with Gasteiger partial charge in [-0.1, -0.05) is 35.3 Å². The summed E-state index contributed by atoms with van der Waals surface area (Å²) < 4.78 is 0. The largest absolute Gasteiger partial charge is 0.265 e. The van der Waals surface area contributed by atoms with Gasteiger partial charge in [-0.2, -0.15) is 5.26 Å². The molecule has 0 bridgehead atoms. The first-order valence-electron chi connectivity index (χ1n) is 6.61. The van der Waals surface area contributed by atoms with Crippen LogP contribution in [0.5, 0.6) is 0 Å². The molecule has 2 heterocycles. The fourth-order valence-corrected chi connectivity index (χ4v) is 3.14. The van der Waals surface area contributed by atoms with Crippen LogP contribution in [0.2, 0.25) is 10.0 Å². The van der Waals surface area contributed by atoms with Crippen LogP contribution in [-0.2, 0) is 0 Å². The van der Waals surface area contributed by atoms with Crippen LogP contribution in [0, 0.1) is 11.3 Å². The number of thiazole rings is 1. The summed E-state index contributed by atoms with van der Waals surface area (Å²) in [7, 11) is 0. The van der Waals surface area contributed by atoms with Crippen LogP contribution in [0.1, 0.15) is 10.6 Å². The minimum atomic E-state index is 0.424. The molecule has 0 aliphatic rings. The minimum Gasteiger partial charge on any atom is -0.265 e. The third-order valence-corrected chi connectivity index (χ3v) is 4.82. The number of allylic oxidation sites excluding steroid dienone is 1. The van der Waals surface area contributed by atoms with Crippen molar-refractivity contribution in [2.75, 3.05) is 0 Å². The van der Waals surface area contributed by atoms with Gasteiger partial charge in [0.05, 0.1) is 21.3 Å². The molecule has 1 aromatic carbocycles. The van der Waals surface area contributed by atoms with Crippen LogP contribution in [0.25, 0.3) is 22.9 Å². The number of hydrogen-bond donors (Lipinski definition) is 0. The molecular weight excluding hydrogens is 349 g/mol. The molecule has 0 saturated carbocycles. The first-order valence-corrected chi connectivity index (χ1v) is 8.24. The number of pyridine rings is 1. The fraction of sp³-hybridized carbons (Fsp3) is 0. The maximum absolute atomic E-state index is 9.44. The Kier molecular flexibility index (Phi) is 4.73. The van der Waals surface area contributed by atoms with E-state index in [0.717, 1.165) is 11.3 Å². The van der Waals surface area contributed by atoms with Gasteiger partial charge in [0.25, 0.3) is 0 Å². The maximum atomic E-state index is 9.44. The van der Waals surface area contributed by atoms with Crippen LogP contribution >= 0.6 is 34.5 Å². The molecule has 0 N–H and O–H groups in total. The van der Waals surface area contributed by atoms with Crippen LogP contribution < -0.4 is 0 Å². The lowest BCUT2D eigenvalue weighted by molar-refractivity contribution is 1.31. The molecule has 0 unspecified atom stereocenters. The lowest BCUT2D eigenvalue weighted by Gasteiger charge is -2.01. The van der Waals surface area contributed by atoms with E-state index in [2.05, 4.69) is 16.0 Å². The van der Waals surface area contributed by atoms with Gasteiger partial charge in [-0.15, -0.1) is 11.3 Å². The van der Waals surface area contributed by atoms with Crippen LogP contribution in [0.3, 0.4) is 0 Å². The van der Waals surface area contributed by atoms with Gasteiger partial charge < -0.3 is 0 Å². The van der Waals surface area contributed by atoms with Crippen molar-refractivity contribution in [2.24, 2.45) is 0 Å². The standard InChI is InChI=1S/C17H9Cl2N3S/c18-14-3-1-2-12(16(14)19)8-13(9-20)17-22-15(10-23-17)11-4-6-21-7-5-11/h1-8,10H/b13-8-. The Bertz CT molecular complexity index is 911. The van der Waals surface area contributed by atoms with Crippen molar-refractivity contribution in [3.8, 4) is 17.3 Å². The van der Waals surface area contributed by atoms with Crippen molar-refractivity contribution in [2.45, 2.75) is 0 Å². The molecule has 0 aliphatic heterocycles. The number of halogens is 2. The summed E-state index contributed by atoms with van der Waals surface area (Å²) in [5, 5.41) is 12.9. The molecule has 3 nitrogen and oxygen atoms in total. The average molecular weight is 358 g/mol. The van der Waals surface area contributed by atoms with E-state index in [1.54, 1.807) is 30.6 Å². The van der Waals surface area contributed by atoms with Crippen molar-refractivity contribution >= 4 is 46.2 Å². The summed E-state index contributed by atoms with van der Waals surface area (Å²) in [5.74, 6) is 0. The molecule has 0 aliphatic carbocycles. The Morgan fingerprint density at radius 1 is 1.17 bits per heavy atom. The van der Waals surface area contributed by atoms with Crippen LogP contribution in [-0.4, -0.2) is 9.97 Å². The van der Waals surface area contributed by atoms with E-state index in [0.29, 0.717) is 26.2 Å². The third-order valence-electron chi connectivity index (χ3n) is 3.11. The SMILES string of the molecule is N#C/C(=C/c1cccc(Cl)c1Cl)c1nc(-c2ccncc2)cs1. The summed E-state index contributed by atoms with van der Waals surface area (Å²) >= 11 is 13.6. The summed E-state index contributed by atoms with van der Waals surface area (Å²) in [6, 6.07) is 11.2. The number of aromatic nitrogens is 2. The lowest BCUT2D eigenvalue weighted by Crippen LogP contribution is -1.84. The predicted molar refractivity (Wildman–Crippen MR) is 95.3 cm³/mol. The lowest BCUT2D eigenvalue weighted by atomic mass is 10.1. The Balaban J connectivity index is 1.99. The van der Waals surface area contributed by atoms with Crippen molar-refractivity contribution in [3.63, 3.8) is 0 Å². The first kappa shape index (κ1) is 15.7. The smallest absolute Gasteiger partial charge is 0.134 e. The second-order valence-corrected chi connectivity index (χ2v) is 6.23. The Morgan fingerprint density at radius 3 is 2.70 bits per heavy atom. The molecule has 6 heteroatoms. The molecule has 23 heavy (non-hydrogen) atoms. The van der Waals surface area contributed by atoms with E-state index in [1.165, 1.54) is 11.3 Å². The van der Waals surface area contributed by atoms with Gasteiger partial charge in [0.1, 0.15) is 11.1 Å². The van der Waals surface area contributed by atoms with Gasteiger partial charge in [0.15, 0.2) is 0 Å². The molecule has 3 aromatic rings. The number of nitriles is 1. The zero-order valence-corrected chi connectivity index (χ0v) is 14.0. The zero-order chi connectivity index (χ0) is 16.2. The second kappa shape index (κ2) is 6.93. The second-order valence-electron chi connectivity index (χ2n) is 4.59. The van der Waals surface area contributed by atoms with E-state index in [4.69, 9.17) is 23.2 Å². The van der Waals surface area contributed by atoms with E-state index < -0.39 is 0 Å². The van der Waals surface area contributed by atoms with Crippen molar-refractivity contribution < 1.29 is 0 Å². The van der Waals surface area contributed by atoms with Crippen molar-refractivity contribution in [1.29, 1.82) is 5.26 Å². The average Bonchev–Trinajstić information content (AvgIpc) is 3.07. The van der Waals surface area contributed by atoms with E-state index in [-0.39, 0.29) is 0 Å². The fourth-order valence-electron chi connectivity index (χ4n) is 1.98. The summed E-state index contributed by atoms with van der Waals surface area (Å²) in [6.07, 6.45) is 5.12. The van der Waals surface area contributed by atoms with Gasteiger partial charge in [-0.05, 0) is 29.8 Å². The quantitative estimate of drug-likeness (QED) is 0.575. The Hall–Kier alpha value is -2.19. The van der Waals surface area contributed by atoms with Gasteiger partial charge in [-0.25, -0.2) is 4.98 Å². The van der Waals surface area contributed by atoms with E-state index in [1.807, 2.05) is 23.6 Å². The first-order chi connectivity index (χ1) is 11.2. The van der Waals surface area contributed by atoms with Crippen LogP contribution in [0.15, 0.2) is 48.1 Å². The molecule has 112 valence electrons. The molecule has 3 rings (SSSR count). The molecule has 0 amide bonds. The normalized spacial score (nSPS) is 11.3. The van der Waals surface area contributed by atoms with Crippen molar-refractivity contribution in [3.05, 3.63) is 68.7 Å². The van der Waals surface area contributed by atoms with E-state index in [9.17, 15) is 5.26 Å². The maximum Gasteiger partial charge on any atom is 0.134 e. The molecular formula is C17H9Cl2N3S. The molecule has 0 radical (unpaired) electrons. The highest BCUT2D eigenvalue weighted by Crippen LogP contribution is 2.31. The summed E-state index contributed by atoms with van der Waals surface area (Å²) in [5.41, 5.74) is 2.90. The summed E-state index contributed by atoms with van der Waals surface area (Å²) in [6.45, 7) is 0. The summed E-state index contributed by atoms with van der Waals surface area (Å²) in [4.78, 5) is 8.51. The topological polar surface area (TPSA) is 49.6 Å². The highest BCUT2D eigenvalue weighted by molar-refractivity contribution is 7.11. The molecule has 0 saturated heterocycles. The highest BCUT2D eigenvalue weighted by atomic mass is 35.5. The van der Waals surface area contributed by atoms with Gasteiger partial charge >= 0.3 is 0 Å². The monoisotopic (exact) mass is 357 g/mol. The number of rotatable bonds is 3. The molecule has 0 spiro atoms. The molecule has 0 fully saturated rings. The van der Waals surface area contributed by atoms with Gasteiger partial charge in [0, 0.05) is 23.3 Å². The molecule has 0 atom stereocenters. The van der Waals surface area contributed by atoms with Gasteiger partial charge in [0.2, 0.25) is 0 Å². The van der Waals surface area contributed by atoms with E-state index >= 15 is 0 Å². The Morgan fingerprint density at radius 2 is 1.96 bits per heavy atom. The molecule has 2 aromatic heterocycles. The highest BCUT2D eigenvalue weighted by Gasteiger charge is 2.10. The predicted octanol–water partition coefficient (Wildman–Crippen LogP) is 5.58.